The molecule has 2 aromatic carbocycles. The van der Waals surface area contributed by atoms with Crippen LogP contribution < -0.4 is 10.6 Å². The fraction of sp³-hybridized carbons (Fsp3) is 0.167. The zero-order valence-electron chi connectivity index (χ0n) is 13.9. The molecule has 0 bridgehead atoms. The second-order valence-electron chi connectivity index (χ2n) is 5.11. The van der Waals surface area contributed by atoms with Gasteiger partial charge in [-0.05, 0) is 61.6 Å². The smallest absolute Gasteiger partial charge is 0.315 e. The van der Waals surface area contributed by atoms with Crippen molar-refractivity contribution in [2.24, 2.45) is 0 Å². The number of methoxy groups -OCH3 is 1. The van der Waals surface area contributed by atoms with E-state index in [0.717, 1.165) is 16.3 Å². The Kier molecular flexibility index (Phi) is 6.97. The SMILES string of the molecule is COC(=O)CSc1cccc(NC(=S)Nc2ccc(C(C)=O)cc2)c1. The van der Waals surface area contributed by atoms with Gasteiger partial charge in [0.2, 0.25) is 0 Å². The number of carbonyl (C=O) groups excluding carboxylic acids is 2. The number of hydrogen-bond acceptors (Lipinski definition) is 5. The number of nitrogens with one attached hydrogen (secondary N) is 2. The van der Waals surface area contributed by atoms with E-state index in [1.807, 2.05) is 24.3 Å². The molecule has 0 radical (unpaired) electrons. The number of anilines is 2. The largest absolute Gasteiger partial charge is 0.468 e. The van der Waals surface area contributed by atoms with Crippen molar-refractivity contribution in [1.29, 1.82) is 0 Å². The van der Waals surface area contributed by atoms with Gasteiger partial charge in [0.1, 0.15) is 0 Å². The predicted molar refractivity (Wildman–Crippen MR) is 105 cm³/mol. The molecular weight excluding hydrogens is 356 g/mol. The van der Waals surface area contributed by atoms with Gasteiger partial charge in [0.15, 0.2) is 10.9 Å². The van der Waals surface area contributed by atoms with Crippen LogP contribution >= 0.6 is 24.0 Å². The number of esters is 1. The Labute approximate surface area is 156 Å². The lowest BCUT2D eigenvalue weighted by molar-refractivity contribution is -0.137. The van der Waals surface area contributed by atoms with Gasteiger partial charge >= 0.3 is 5.97 Å². The first kappa shape index (κ1) is 19.0. The molecular formula is C18H18N2O3S2. The summed E-state index contributed by atoms with van der Waals surface area (Å²) in [7, 11) is 1.37. The quantitative estimate of drug-likeness (QED) is 0.343. The number of hydrogen-bond donors (Lipinski definition) is 2. The minimum Gasteiger partial charge on any atom is -0.468 e. The molecule has 0 saturated heterocycles. The van der Waals surface area contributed by atoms with Crippen molar-refractivity contribution in [2.45, 2.75) is 11.8 Å². The zero-order valence-corrected chi connectivity index (χ0v) is 15.5. The molecule has 5 nitrogen and oxygen atoms in total. The van der Waals surface area contributed by atoms with E-state index >= 15 is 0 Å². The van der Waals surface area contributed by atoms with Crippen molar-refractivity contribution >= 4 is 52.2 Å². The Hall–Kier alpha value is -2.38. The molecule has 0 spiro atoms. The van der Waals surface area contributed by atoms with Gasteiger partial charge in [0, 0.05) is 21.8 Å². The predicted octanol–water partition coefficient (Wildman–Crippen LogP) is 3.96. The number of thiocarbonyl (C=S) groups is 1. The highest BCUT2D eigenvalue weighted by Gasteiger charge is 2.05. The second-order valence-corrected chi connectivity index (χ2v) is 6.56. The molecule has 0 unspecified atom stereocenters. The van der Waals surface area contributed by atoms with E-state index in [2.05, 4.69) is 15.4 Å². The van der Waals surface area contributed by atoms with Crippen LogP contribution in [0.1, 0.15) is 17.3 Å². The first-order valence-electron chi connectivity index (χ1n) is 7.46. The highest BCUT2D eigenvalue weighted by atomic mass is 32.2. The van der Waals surface area contributed by atoms with Crippen molar-refractivity contribution in [1.82, 2.24) is 0 Å². The van der Waals surface area contributed by atoms with Gasteiger partial charge in [-0.15, -0.1) is 11.8 Å². The molecule has 2 N–H and O–H groups in total. The average Bonchev–Trinajstić information content (AvgIpc) is 2.60. The third-order valence-electron chi connectivity index (χ3n) is 3.23. The molecule has 7 heteroatoms. The molecule has 25 heavy (non-hydrogen) atoms. The molecule has 0 saturated carbocycles. The number of thioether (sulfide) groups is 1. The lowest BCUT2D eigenvalue weighted by atomic mass is 10.1. The summed E-state index contributed by atoms with van der Waals surface area (Å²) in [4.78, 5) is 23.4. The van der Waals surface area contributed by atoms with Crippen molar-refractivity contribution < 1.29 is 14.3 Å². The van der Waals surface area contributed by atoms with Crippen molar-refractivity contribution in [3.63, 3.8) is 0 Å². The number of carbonyl (C=O) groups is 2. The maximum absolute atomic E-state index is 11.3. The molecule has 0 heterocycles. The molecule has 130 valence electrons. The number of ether oxygens (including phenoxy) is 1. The Morgan fingerprint density at radius 3 is 2.40 bits per heavy atom. The summed E-state index contributed by atoms with van der Waals surface area (Å²) < 4.78 is 4.63. The standard InChI is InChI=1S/C18H18N2O3S2/c1-12(21)13-6-8-14(9-7-13)19-18(24)20-15-4-3-5-16(10-15)25-11-17(22)23-2/h3-10H,11H2,1-2H3,(H2,19,20,24). The van der Waals surface area contributed by atoms with Crippen molar-refractivity contribution in [3.8, 4) is 0 Å². The van der Waals surface area contributed by atoms with Crippen LogP contribution in [-0.2, 0) is 9.53 Å². The molecule has 0 amide bonds. The summed E-state index contributed by atoms with van der Waals surface area (Å²) in [5, 5.41) is 6.59. The Morgan fingerprint density at radius 1 is 1.08 bits per heavy atom. The number of Topliss-reactive ketones (excluding diaryl/α,β-unsaturated/α-hetero) is 1. The van der Waals surface area contributed by atoms with Crippen LogP contribution in [0.5, 0.6) is 0 Å². The summed E-state index contributed by atoms with van der Waals surface area (Å²) in [6.07, 6.45) is 0. The number of rotatable bonds is 6. The molecule has 0 aromatic heterocycles. The van der Waals surface area contributed by atoms with Gasteiger partial charge in [-0.25, -0.2) is 0 Å². The van der Waals surface area contributed by atoms with Crippen molar-refractivity contribution in [2.75, 3.05) is 23.5 Å². The highest BCUT2D eigenvalue weighted by molar-refractivity contribution is 8.00. The minimum absolute atomic E-state index is 0.0218. The summed E-state index contributed by atoms with van der Waals surface area (Å²) in [6, 6.07) is 14.7. The molecule has 0 fully saturated rings. The number of ketones is 1. The molecule has 0 atom stereocenters. The van der Waals surface area contributed by atoms with Crippen LogP contribution in [-0.4, -0.2) is 29.7 Å². The van der Waals surface area contributed by atoms with Crippen LogP contribution in [0, 0.1) is 0 Å². The van der Waals surface area contributed by atoms with E-state index in [1.54, 1.807) is 24.3 Å². The molecule has 2 aromatic rings. The molecule has 0 aliphatic carbocycles. The van der Waals surface area contributed by atoms with E-state index in [1.165, 1.54) is 25.8 Å². The summed E-state index contributed by atoms with van der Waals surface area (Å²) in [6.45, 7) is 1.53. The first-order chi connectivity index (χ1) is 12.0. The van der Waals surface area contributed by atoms with Gasteiger partial charge in [-0.3, -0.25) is 9.59 Å². The van der Waals surface area contributed by atoms with Crippen LogP contribution in [0.15, 0.2) is 53.4 Å². The summed E-state index contributed by atoms with van der Waals surface area (Å²) in [5.41, 5.74) is 2.26. The minimum atomic E-state index is -0.269. The van der Waals surface area contributed by atoms with Crippen LogP contribution in [0.3, 0.4) is 0 Å². The van der Waals surface area contributed by atoms with Gasteiger partial charge in [-0.2, -0.15) is 0 Å². The first-order valence-corrected chi connectivity index (χ1v) is 8.86. The Bertz CT molecular complexity index is 776. The molecule has 0 aliphatic rings. The normalized spacial score (nSPS) is 10.0. The fourth-order valence-corrected chi connectivity index (χ4v) is 2.97. The van der Waals surface area contributed by atoms with Crippen molar-refractivity contribution in [3.05, 3.63) is 54.1 Å². The van der Waals surface area contributed by atoms with Gasteiger partial charge in [0.05, 0.1) is 12.9 Å². The Balaban J connectivity index is 1.93. The summed E-state index contributed by atoms with van der Waals surface area (Å²) in [5.74, 6) is 0.00796. The van der Waals surface area contributed by atoms with E-state index in [-0.39, 0.29) is 17.5 Å². The van der Waals surface area contributed by atoms with Gasteiger partial charge < -0.3 is 15.4 Å². The lowest BCUT2D eigenvalue weighted by Crippen LogP contribution is -2.19. The average molecular weight is 374 g/mol. The lowest BCUT2D eigenvalue weighted by Gasteiger charge is -2.11. The van der Waals surface area contributed by atoms with Crippen LogP contribution in [0.4, 0.5) is 11.4 Å². The topological polar surface area (TPSA) is 67.4 Å². The van der Waals surface area contributed by atoms with Crippen LogP contribution in [0.2, 0.25) is 0 Å². The van der Waals surface area contributed by atoms with E-state index in [4.69, 9.17) is 12.2 Å². The fourth-order valence-electron chi connectivity index (χ4n) is 1.95. The maximum atomic E-state index is 11.3. The molecule has 0 aliphatic heterocycles. The number of benzene rings is 2. The van der Waals surface area contributed by atoms with E-state index in [9.17, 15) is 9.59 Å². The zero-order chi connectivity index (χ0) is 18.2. The monoisotopic (exact) mass is 374 g/mol. The van der Waals surface area contributed by atoms with Gasteiger partial charge in [0.25, 0.3) is 0 Å². The molecule has 2 rings (SSSR count). The third kappa shape index (κ3) is 6.21. The van der Waals surface area contributed by atoms with E-state index < -0.39 is 0 Å². The van der Waals surface area contributed by atoms with Gasteiger partial charge in [-0.1, -0.05) is 6.07 Å². The Morgan fingerprint density at radius 2 is 1.76 bits per heavy atom. The van der Waals surface area contributed by atoms with Crippen LogP contribution in [0.25, 0.3) is 0 Å². The third-order valence-corrected chi connectivity index (χ3v) is 4.40. The van der Waals surface area contributed by atoms with E-state index in [0.29, 0.717) is 10.7 Å². The summed E-state index contributed by atoms with van der Waals surface area (Å²) >= 11 is 6.69. The second kappa shape index (κ2) is 9.19. The highest BCUT2D eigenvalue weighted by Crippen LogP contribution is 2.22. The maximum Gasteiger partial charge on any atom is 0.315 e.